The number of aryl methyl sites for hydroxylation is 1. The average molecular weight is 332 g/mol. The van der Waals surface area contributed by atoms with Crippen molar-refractivity contribution in [1.29, 1.82) is 0 Å². The van der Waals surface area contributed by atoms with Gasteiger partial charge in [-0.15, -0.1) is 0 Å². The fourth-order valence-electron chi connectivity index (χ4n) is 2.22. The first kappa shape index (κ1) is 15.1. The molecule has 23 heavy (non-hydrogen) atoms. The Morgan fingerprint density at radius 2 is 2.26 bits per heavy atom. The van der Waals surface area contributed by atoms with Crippen molar-refractivity contribution in [2.24, 2.45) is 0 Å². The lowest BCUT2D eigenvalue weighted by Crippen LogP contribution is -2.21. The van der Waals surface area contributed by atoms with Crippen molar-refractivity contribution in [2.45, 2.75) is 12.8 Å². The highest BCUT2D eigenvalue weighted by Crippen LogP contribution is 2.26. The molecule has 1 aliphatic rings. The van der Waals surface area contributed by atoms with Crippen molar-refractivity contribution < 1.29 is 14.5 Å². The fourth-order valence-corrected chi connectivity index (χ4v) is 3.14. The third-order valence-corrected chi connectivity index (χ3v) is 4.33. The van der Waals surface area contributed by atoms with Crippen LogP contribution in [0.1, 0.15) is 32.1 Å². The number of hydrogen-bond acceptors (Lipinski definition) is 6. The molecule has 0 saturated heterocycles. The molecule has 3 rings (SSSR count). The Bertz CT molecular complexity index is 802. The van der Waals surface area contributed by atoms with Gasteiger partial charge in [0, 0.05) is 24.2 Å². The maximum atomic E-state index is 12.2. The van der Waals surface area contributed by atoms with Crippen LogP contribution in [0.3, 0.4) is 0 Å². The molecule has 2 N–H and O–H groups in total. The topological polar surface area (TPSA) is 114 Å². The zero-order valence-electron chi connectivity index (χ0n) is 11.9. The van der Waals surface area contributed by atoms with Crippen molar-refractivity contribution in [1.82, 2.24) is 10.3 Å². The number of fused-ring (bicyclic) bond motifs is 1. The molecule has 0 spiro atoms. The number of aromatic nitrogens is 1. The van der Waals surface area contributed by atoms with Crippen molar-refractivity contribution in [3.8, 4) is 0 Å². The van der Waals surface area contributed by atoms with Gasteiger partial charge in [0.25, 0.3) is 17.5 Å². The number of non-ortho nitro benzene ring substituents is 1. The van der Waals surface area contributed by atoms with Crippen LogP contribution >= 0.6 is 11.3 Å². The molecule has 8 nitrogen and oxygen atoms in total. The number of benzene rings is 1. The van der Waals surface area contributed by atoms with Gasteiger partial charge in [0.2, 0.25) is 0 Å². The van der Waals surface area contributed by atoms with E-state index in [-0.39, 0.29) is 17.2 Å². The van der Waals surface area contributed by atoms with Crippen LogP contribution in [-0.2, 0) is 6.42 Å². The summed E-state index contributed by atoms with van der Waals surface area (Å²) in [5.41, 5.74) is 0.667. The van der Waals surface area contributed by atoms with E-state index in [9.17, 15) is 19.7 Å². The van der Waals surface area contributed by atoms with E-state index in [2.05, 4.69) is 15.6 Å². The van der Waals surface area contributed by atoms with Crippen LogP contribution in [0.25, 0.3) is 0 Å². The molecule has 0 radical (unpaired) electrons. The average Bonchev–Trinajstić information content (AvgIpc) is 2.86. The number of carbonyl (C=O) groups is 2. The monoisotopic (exact) mass is 332 g/mol. The molecule has 0 fully saturated rings. The highest BCUT2D eigenvalue weighted by Gasteiger charge is 2.21. The third kappa shape index (κ3) is 3.19. The van der Waals surface area contributed by atoms with Gasteiger partial charge >= 0.3 is 0 Å². The van der Waals surface area contributed by atoms with Gasteiger partial charge in [0.15, 0.2) is 5.13 Å². The van der Waals surface area contributed by atoms with E-state index in [0.29, 0.717) is 28.7 Å². The number of nitro benzene ring substituents is 1. The van der Waals surface area contributed by atoms with Crippen LogP contribution in [0.2, 0.25) is 0 Å². The maximum absolute atomic E-state index is 12.2. The van der Waals surface area contributed by atoms with E-state index in [1.807, 2.05) is 0 Å². The van der Waals surface area contributed by atoms with Crippen molar-refractivity contribution in [3.05, 3.63) is 50.5 Å². The van der Waals surface area contributed by atoms with Gasteiger partial charge in [-0.3, -0.25) is 25.0 Å². The number of carbonyl (C=O) groups excluding carboxylic acids is 2. The summed E-state index contributed by atoms with van der Waals surface area (Å²) in [7, 11) is 0. The number of amides is 2. The molecule has 1 aliphatic heterocycles. The number of nitrogens with zero attached hydrogens (tertiary/aromatic N) is 2. The number of rotatable bonds is 3. The molecule has 0 unspecified atom stereocenters. The SMILES string of the molecule is O=C(Nc1nc2c(s1)C(=O)NCCC2)c1cccc([N+](=O)[O-])c1. The number of hydrogen-bond donors (Lipinski definition) is 2. The highest BCUT2D eigenvalue weighted by atomic mass is 32.1. The van der Waals surface area contributed by atoms with Gasteiger partial charge in [0.1, 0.15) is 4.88 Å². The largest absolute Gasteiger partial charge is 0.351 e. The Kier molecular flexibility index (Phi) is 4.02. The molecule has 1 aromatic carbocycles. The lowest BCUT2D eigenvalue weighted by Gasteiger charge is -2.02. The van der Waals surface area contributed by atoms with Crippen LogP contribution in [0.4, 0.5) is 10.8 Å². The second-order valence-electron chi connectivity index (χ2n) is 4.92. The smallest absolute Gasteiger partial charge is 0.270 e. The van der Waals surface area contributed by atoms with Crippen LogP contribution in [0.5, 0.6) is 0 Å². The number of thiazole rings is 1. The molecule has 2 aromatic rings. The molecule has 1 aromatic heterocycles. The van der Waals surface area contributed by atoms with Crippen molar-refractivity contribution in [2.75, 3.05) is 11.9 Å². The second kappa shape index (κ2) is 6.13. The zero-order valence-corrected chi connectivity index (χ0v) is 12.7. The molecule has 118 valence electrons. The van der Waals surface area contributed by atoms with E-state index in [0.717, 1.165) is 17.8 Å². The summed E-state index contributed by atoms with van der Waals surface area (Å²) < 4.78 is 0. The summed E-state index contributed by atoms with van der Waals surface area (Å²) in [4.78, 5) is 39.0. The number of anilines is 1. The summed E-state index contributed by atoms with van der Waals surface area (Å²) in [6.07, 6.45) is 1.46. The molecule has 0 bridgehead atoms. The summed E-state index contributed by atoms with van der Waals surface area (Å²) in [6, 6.07) is 5.43. The van der Waals surface area contributed by atoms with Gasteiger partial charge in [-0.1, -0.05) is 17.4 Å². The van der Waals surface area contributed by atoms with E-state index in [1.165, 1.54) is 24.3 Å². The predicted octanol–water partition coefficient (Wildman–Crippen LogP) is 1.98. The van der Waals surface area contributed by atoms with Crippen LogP contribution in [0.15, 0.2) is 24.3 Å². The summed E-state index contributed by atoms with van der Waals surface area (Å²) in [5.74, 6) is -0.691. The Balaban J connectivity index is 1.81. The molecule has 0 atom stereocenters. The number of nitrogens with one attached hydrogen (secondary N) is 2. The first-order valence-corrected chi connectivity index (χ1v) is 7.70. The van der Waals surface area contributed by atoms with Gasteiger partial charge in [-0.05, 0) is 18.9 Å². The number of nitro groups is 1. The maximum Gasteiger partial charge on any atom is 0.270 e. The van der Waals surface area contributed by atoms with Crippen LogP contribution < -0.4 is 10.6 Å². The highest BCUT2D eigenvalue weighted by molar-refractivity contribution is 7.17. The predicted molar refractivity (Wildman–Crippen MR) is 83.8 cm³/mol. The van der Waals surface area contributed by atoms with Crippen LogP contribution in [0, 0.1) is 10.1 Å². The van der Waals surface area contributed by atoms with Gasteiger partial charge < -0.3 is 5.32 Å². The Morgan fingerprint density at radius 3 is 3.04 bits per heavy atom. The lowest BCUT2D eigenvalue weighted by molar-refractivity contribution is -0.384. The first-order chi connectivity index (χ1) is 11.0. The second-order valence-corrected chi connectivity index (χ2v) is 5.91. The quantitative estimate of drug-likeness (QED) is 0.659. The van der Waals surface area contributed by atoms with E-state index in [1.54, 1.807) is 0 Å². The summed E-state index contributed by atoms with van der Waals surface area (Å²) in [6.45, 7) is 0.608. The molecule has 2 heterocycles. The lowest BCUT2D eigenvalue weighted by atomic mass is 10.2. The normalized spacial score (nSPS) is 13.7. The summed E-state index contributed by atoms with van der Waals surface area (Å²) >= 11 is 1.10. The van der Waals surface area contributed by atoms with Crippen LogP contribution in [-0.4, -0.2) is 28.3 Å². The molecule has 9 heteroatoms. The molecular weight excluding hydrogens is 320 g/mol. The van der Waals surface area contributed by atoms with Gasteiger partial charge in [0.05, 0.1) is 10.6 Å². The Labute approximate surface area is 134 Å². The van der Waals surface area contributed by atoms with E-state index < -0.39 is 10.8 Å². The molecule has 2 amide bonds. The third-order valence-electron chi connectivity index (χ3n) is 3.32. The van der Waals surface area contributed by atoms with E-state index in [4.69, 9.17) is 0 Å². The summed E-state index contributed by atoms with van der Waals surface area (Å²) in [5, 5.41) is 16.4. The standard InChI is InChI=1S/C14H12N4O4S/c19-12(8-3-1-4-9(7-8)18(21)22)17-14-16-10-5-2-6-15-13(20)11(10)23-14/h1,3-4,7H,2,5-6H2,(H,15,20)(H,16,17,19). The Morgan fingerprint density at radius 1 is 1.43 bits per heavy atom. The van der Waals surface area contributed by atoms with Gasteiger partial charge in [-0.2, -0.15) is 0 Å². The fraction of sp³-hybridized carbons (Fsp3) is 0.214. The van der Waals surface area contributed by atoms with E-state index >= 15 is 0 Å². The molecule has 0 aliphatic carbocycles. The minimum absolute atomic E-state index is 0.160. The molecular formula is C14H12N4O4S. The minimum Gasteiger partial charge on any atom is -0.351 e. The van der Waals surface area contributed by atoms with Crippen molar-refractivity contribution in [3.63, 3.8) is 0 Å². The Hall–Kier alpha value is -2.81. The first-order valence-electron chi connectivity index (χ1n) is 6.88. The van der Waals surface area contributed by atoms with Gasteiger partial charge in [-0.25, -0.2) is 4.98 Å². The minimum atomic E-state index is -0.563. The van der Waals surface area contributed by atoms with Crippen molar-refractivity contribution >= 4 is 34.0 Å². The molecule has 0 saturated carbocycles. The zero-order chi connectivity index (χ0) is 16.4.